The Hall–Kier alpha value is -5.38. The first-order valence-corrected chi connectivity index (χ1v) is 20.5. The molecule has 0 radical (unpaired) electrons. The van der Waals surface area contributed by atoms with Crippen molar-refractivity contribution in [1.29, 1.82) is 0 Å². The van der Waals surface area contributed by atoms with E-state index in [4.69, 9.17) is 0 Å². The number of nitrogens with zero attached hydrogens (tertiary/aromatic N) is 6. The second kappa shape index (κ2) is 14.9. The van der Waals surface area contributed by atoms with Crippen molar-refractivity contribution in [3.8, 4) is 0 Å². The molecule has 0 bridgehead atoms. The fraction of sp³-hybridized carbons (Fsp3) is 0.353. The molecule has 22 heteroatoms. The topological polar surface area (TPSA) is 195 Å². The van der Waals surface area contributed by atoms with E-state index in [9.17, 15) is 52.8 Å². The number of benzene rings is 2. The summed E-state index contributed by atoms with van der Waals surface area (Å²) < 4.78 is 126. The molecule has 300 valence electrons. The van der Waals surface area contributed by atoms with Gasteiger partial charge in [0.2, 0.25) is 0 Å². The highest BCUT2D eigenvalue weighted by Gasteiger charge is 2.32. The number of alkyl halides is 6. The Bertz CT molecular complexity index is 2580. The Balaban J connectivity index is 0.000000214. The normalized spacial score (nSPS) is 13.8. The van der Waals surface area contributed by atoms with Gasteiger partial charge in [0, 0.05) is 12.5 Å². The van der Waals surface area contributed by atoms with Gasteiger partial charge in [-0.15, -0.1) is 0 Å². The molecule has 6 aromatic rings. The third-order valence-corrected chi connectivity index (χ3v) is 10.1. The largest absolute Gasteiger partial charge is 0.416 e. The van der Waals surface area contributed by atoms with Crippen molar-refractivity contribution in [2.45, 2.75) is 63.6 Å². The molecule has 0 aliphatic heterocycles. The van der Waals surface area contributed by atoms with Crippen LogP contribution in [-0.2, 0) is 43.5 Å². The van der Waals surface area contributed by atoms with Crippen molar-refractivity contribution >= 4 is 41.7 Å². The first-order chi connectivity index (χ1) is 25.7. The predicted octanol–water partition coefficient (Wildman–Crippen LogP) is 5.20. The van der Waals surface area contributed by atoms with Crippen molar-refractivity contribution in [2.75, 3.05) is 12.5 Å². The predicted molar refractivity (Wildman–Crippen MR) is 193 cm³/mol. The molecule has 4 heterocycles. The Labute approximate surface area is 314 Å². The molecule has 0 unspecified atom stereocenters. The standard InChI is InChI=1S/2C17H17F3N4O3S/c2*1-9(11-4-6-12(7-5-11)17(18,19)20)24-15-14(16(25)22-10(2)21-15)13(23-24)8-28(3,26)27/h2*4-7,9H,8H2,1-3H3,(H,21,22,25)/t2*9-/m10/s1. The maximum atomic E-state index is 12.8. The van der Waals surface area contributed by atoms with Gasteiger partial charge in [-0.25, -0.2) is 36.2 Å². The van der Waals surface area contributed by atoms with Crippen molar-refractivity contribution in [3.63, 3.8) is 0 Å². The van der Waals surface area contributed by atoms with E-state index in [2.05, 4.69) is 30.1 Å². The van der Waals surface area contributed by atoms with Gasteiger partial charge in [0.15, 0.2) is 31.0 Å². The van der Waals surface area contributed by atoms with Crippen LogP contribution in [0.3, 0.4) is 0 Å². The minimum atomic E-state index is -4.45. The van der Waals surface area contributed by atoms with E-state index in [1.165, 1.54) is 33.6 Å². The van der Waals surface area contributed by atoms with Crippen molar-refractivity contribution in [1.82, 2.24) is 39.5 Å². The smallest absolute Gasteiger partial charge is 0.310 e. The summed E-state index contributed by atoms with van der Waals surface area (Å²) in [7, 11) is -6.95. The van der Waals surface area contributed by atoms with Gasteiger partial charge < -0.3 is 9.97 Å². The average Bonchev–Trinajstić information content (AvgIpc) is 3.59. The fourth-order valence-corrected chi connectivity index (χ4v) is 7.27. The van der Waals surface area contributed by atoms with Gasteiger partial charge in [-0.05, 0) is 63.1 Å². The van der Waals surface area contributed by atoms with Crippen molar-refractivity contribution in [2.24, 2.45) is 0 Å². The molecule has 14 nitrogen and oxygen atoms in total. The van der Waals surface area contributed by atoms with Crippen LogP contribution in [0.2, 0.25) is 0 Å². The Morgan fingerprint density at radius 3 is 1.18 bits per heavy atom. The van der Waals surface area contributed by atoms with Gasteiger partial charge in [-0.3, -0.25) is 9.59 Å². The molecule has 0 saturated carbocycles. The summed E-state index contributed by atoms with van der Waals surface area (Å²) in [4.78, 5) is 38.3. The van der Waals surface area contributed by atoms with Crippen LogP contribution in [0.4, 0.5) is 26.3 Å². The molecule has 6 rings (SSSR count). The monoisotopic (exact) mass is 828 g/mol. The van der Waals surface area contributed by atoms with Crippen LogP contribution in [-0.4, -0.2) is 68.8 Å². The number of aryl methyl sites for hydroxylation is 2. The lowest BCUT2D eigenvalue weighted by molar-refractivity contribution is -0.138. The van der Waals surface area contributed by atoms with Gasteiger partial charge in [0.1, 0.15) is 22.4 Å². The average molecular weight is 829 g/mol. The van der Waals surface area contributed by atoms with E-state index in [0.717, 1.165) is 36.8 Å². The van der Waals surface area contributed by atoms with Gasteiger partial charge in [0.05, 0.1) is 46.1 Å². The molecule has 0 aliphatic rings. The molecule has 0 spiro atoms. The molecule has 0 fully saturated rings. The number of aromatic nitrogens is 8. The zero-order chi connectivity index (χ0) is 41.7. The molecule has 0 amide bonds. The second-order valence-electron chi connectivity index (χ2n) is 13.2. The van der Waals surface area contributed by atoms with Crippen LogP contribution in [0, 0.1) is 13.8 Å². The highest BCUT2D eigenvalue weighted by atomic mass is 32.2. The van der Waals surface area contributed by atoms with E-state index in [1.807, 2.05) is 0 Å². The number of rotatable bonds is 8. The molecule has 4 aromatic heterocycles. The first kappa shape index (κ1) is 41.8. The summed E-state index contributed by atoms with van der Waals surface area (Å²) in [5.41, 5.74) is -1.16. The van der Waals surface area contributed by atoms with Gasteiger partial charge >= 0.3 is 12.4 Å². The first-order valence-electron chi connectivity index (χ1n) is 16.4. The fourth-order valence-electron chi connectivity index (χ4n) is 5.87. The van der Waals surface area contributed by atoms with Crippen LogP contribution in [0.1, 0.15) is 71.2 Å². The number of hydrogen-bond donors (Lipinski definition) is 2. The molecule has 2 aromatic carbocycles. The molecular weight excluding hydrogens is 795 g/mol. The van der Waals surface area contributed by atoms with Crippen LogP contribution in [0.15, 0.2) is 58.1 Å². The number of H-pyrrole nitrogens is 2. The summed E-state index contributed by atoms with van der Waals surface area (Å²) in [6.45, 7) is 6.49. The van der Waals surface area contributed by atoms with Crippen molar-refractivity contribution < 1.29 is 43.2 Å². The molecular formula is C34H34F6N8O6S2. The second-order valence-corrected chi connectivity index (χ2v) is 17.5. The minimum absolute atomic E-state index is 0.0463. The summed E-state index contributed by atoms with van der Waals surface area (Å²) in [5.74, 6) is -0.290. The third-order valence-electron chi connectivity index (χ3n) is 8.48. The quantitative estimate of drug-likeness (QED) is 0.193. The molecule has 2 N–H and O–H groups in total. The van der Waals surface area contributed by atoms with Gasteiger partial charge in [-0.2, -0.15) is 36.5 Å². The SMILES string of the molecule is Cc1nc2c(c(CS(C)(=O)=O)nn2[C@@H](C)c2ccc(C(F)(F)F)cc2)c(=O)[nH]1.Cc1nc2c(c(CS(C)(=O)=O)nn2[C@H](C)c2ccc(C(F)(F)F)cc2)c(=O)[nH]1. The number of hydrogen-bond acceptors (Lipinski definition) is 10. The van der Waals surface area contributed by atoms with E-state index in [0.29, 0.717) is 22.8 Å². The lowest BCUT2D eigenvalue weighted by atomic mass is 10.1. The number of halogens is 6. The molecule has 56 heavy (non-hydrogen) atoms. The third kappa shape index (κ3) is 9.34. The number of aromatic amines is 2. The minimum Gasteiger partial charge on any atom is -0.310 e. The van der Waals surface area contributed by atoms with Crippen LogP contribution in [0.5, 0.6) is 0 Å². The summed E-state index contributed by atoms with van der Waals surface area (Å²) >= 11 is 0. The Kier molecular flexibility index (Phi) is 11.1. The van der Waals surface area contributed by atoms with Gasteiger partial charge in [0.25, 0.3) is 11.1 Å². The van der Waals surface area contributed by atoms with Crippen LogP contribution < -0.4 is 11.1 Å². The zero-order valence-electron chi connectivity index (χ0n) is 30.4. The lowest BCUT2D eigenvalue weighted by Gasteiger charge is -2.15. The summed E-state index contributed by atoms with van der Waals surface area (Å²) in [6, 6.07) is 7.95. The highest BCUT2D eigenvalue weighted by Crippen LogP contribution is 2.32. The number of sulfone groups is 2. The van der Waals surface area contributed by atoms with E-state index < -0.39 is 77.9 Å². The highest BCUT2D eigenvalue weighted by molar-refractivity contribution is 7.90. The zero-order valence-corrected chi connectivity index (χ0v) is 32.0. The molecule has 0 saturated heterocycles. The molecule has 0 aliphatic carbocycles. The maximum absolute atomic E-state index is 12.8. The van der Waals surface area contributed by atoms with Gasteiger partial charge in [-0.1, -0.05) is 24.3 Å². The lowest BCUT2D eigenvalue weighted by Crippen LogP contribution is -2.13. The summed E-state index contributed by atoms with van der Waals surface area (Å²) in [6.07, 6.45) is -6.86. The van der Waals surface area contributed by atoms with Crippen LogP contribution in [0.25, 0.3) is 22.1 Å². The Morgan fingerprint density at radius 2 is 0.911 bits per heavy atom. The Morgan fingerprint density at radius 1 is 0.607 bits per heavy atom. The van der Waals surface area contributed by atoms with Crippen molar-refractivity contribution in [3.05, 3.63) is 115 Å². The number of nitrogens with one attached hydrogen (secondary N) is 2. The van der Waals surface area contributed by atoms with Crippen LogP contribution >= 0.6 is 0 Å². The maximum Gasteiger partial charge on any atom is 0.416 e. The summed E-state index contributed by atoms with van der Waals surface area (Å²) in [5, 5.41) is 8.62. The molecule has 2 atom stereocenters. The van der Waals surface area contributed by atoms with E-state index in [-0.39, 0.29) is 33.5 Å². The van der Waals surface area contributed by atoms with E-state index >= 15 is 0 Å². The number of fused-ring (bicyclic) bond motifs is 2. The van der Waals surface area contributed by atoms with E-state index in [1.54, 1.807) is 27.7 Å².